The molecule has 0 unspecified atom stereocenters. The summed E-state index contributed by atoms with van der Waals surface area (Å²) in [6, 6.07) is 4.33. The number of hydrogen-bond acceptors (Lipinski definition) is 5. The van der Waals surface area contributed by atoms with E-state index in [0.29, 0.717) is 35.1 Å². The number of ketones is 1. The predicted octanol–water partition coefficient (Wildman–Crippen LogP) is 4.68. The molecule has 0 saturated carbocycles. The van der Waals surface area contributed by atoms with Gasteiger partial charge in [0, 0.05) is 17.7 Å². The van der Waals surface area contributed by atoms with Crippen molar-refractivity contribution >= 4 is 23.5 Å². The van der Waals surface area contributed by atoms with Crippen LogP contribution in [0.1, 0.15) is 43.9 Å². The smallest absolute Gasteiger partial charge is 0.328 e. The number of fused-ring (bicyclic) bond motifs is 1. The predicted molar refractivity (Wildman–Crippen MR) is 100 cm³/mol. The number of nitrogens with one attached hydrogen (secondary N) is 1. The van der Waals surface area contributed by atoms with Crippen LogP contribution >= 0.6 is 11.8 Å². The minimum absolute atomic E-state index is 0.0181. The van der Waals surface area contributed by atoms with Crippen molar-refractivity contribution in [3.63, 3.8) is 0 Å². The van der Waals surface area contributed by atoms with E-state index in [0.717, 1.165) is 17.8 Å². The summed E-state index contributed by atoms with van der Waals surface area (Å²) < 4.78 is 40.5. The Balaban J connectivity index is 1.86. The summed E-state index contributed by atoms with van der Waals surface area (Å²) in [5, 5.41) is 8.22. The van der Waals surface area contributed by atoms with Crippen molar-refractivity contribution in [2.45, 2.75) is 44.1 Å². The fourth-order valence-electron chi connectivity index (χ4n) is 3.84. The zero-order chi connectivity index (χ0) is 20.3. The quantitative estimate of drug-likeness (QED) is 0.732. The fraction of sp³-hybridized carbons (Fsp3) is 0.421. The zero-order valence-corrected chi connectivity index (χ0v) is 16.4. The standard InChI is InChI=1S/C19H19F3N4OS/c1-18(2)8-12-14(13(27)9-18)15(26-16(23-12)24-17(25-26)28-3)10-4-6-11(7-5-10)19(20,21)22/h4-7,15H,8-9H2,1-3H3,(H,23,24,25)/t15-/m1/s1. The van der Waals surface area contributed by atoms with Gasteiger partial charge >= 0.3 is 6.18 Å². The summed E-state index contributed by atoms with van der Waals surface area (Å²) in [5.41, 5.74) is 0.994. The van der Waals surface area contributed by atoms with Gasteiger partial charge in [-0.2, -0.15) is 18.2 Å². The highest BCUT2D eigenvalue weighted by Crippen LogP contribution is 2.45. The average molecular weight is 408 g/mol. The Labute approximate surface area is 164 Å². The van der Waals surface area contributed by atoms with Crippen LogP contribution in [0.2, 0.25) is 0 Å². The van der Waals surface area contributed by atoms with Gasteiger partial charge in [0.1, 0.15) is 6.04 Å². The number of thioether (sulfide) groups is 1. The molecule has 28 heavy (non-hydrogen) atoms. The monoisotopic (exact) mass is 408 g/mol. The molecule has 0 radical (unpaired) electrons. The molecule has 1 atom stereocenters. The van der Waals surface area contributed by atoms with Gasteiger partial charge in [0.2, 0.25) is 11.1 Å². The molecule has 148 valence electrons. The van der Waals surface area contributed by atoms with Crippen LogP contribution < -0.4 is 5.32 Å². The molecule has 1 aromatic carbocycles. The third kappa shape index (κ3) is 3.21. The van der Waals surface area contributed by atoms with Gasteiger partial charge in [-0.1, -0.05) is 37.7 Å². The highest BCUT2D eigenvalue weighted by molar-refractivity contribution is 7.98. The number of rotatable bonds is 2. The lowest BCUT2D eigenvalue weighted by Crippen LogP contribution is -2.36. The normalized spacial score (nSPS) is 21.2. The van der Waals surface area contributed by atoms with Crippen LogP contribution in [-0.2, 0) is 11.0 Å². The van der Waals surface area contributed by atoms with Crippen molar-refractivity contribution in [1.29, 1.82) is 0 Å². The zero-order valence-electron chi connectivity index (χ0n) is 15.6. The summed E-state index contributed by atoms with van der Waals surface area (Å²) >= 11 is 1.36. The van der Waals surface area contributed by atoms with Crippen molar-refractivity contribution in [2.24, 2.45) is 5.41 Å². The Hall–Kier alpha value is -2.29. The first kappa shape index (κ1) is 19.0. The number of halogens is 3. The summed E-state index contributed by atoms with van der Waals surface area (Å²) in [5.74, 6) is 0.481. The maximum absolute atomic E-state index is 13.0. The fourth-order valence-corrected chi connectivity index (χ4v) is 4.19. The van der Waals surface area contributed by atoms with Gasteiger partial charge < -0.3 is 5.32 Å². The molecule has 1 N–H and O–H groups in total. The highest BCUT2D eigenvalue weighted by atomic mass is 32.2. The maximum atomic E-state index is 13.0. The van der Waals surface area contributed by atoms with Crippen LogP contribution in [0.3, 0.4) is 0 Å². The molecule has 0 fully saturated rings. The third-order valence-electron chi connectivity index (χ3n) is 5.05. The van der Waals surface area contributed by atoms with Crippen LogP contribution in [0.25, 0.3) is 0 Å². The first-order chi connectivity index (χ1) is 13.1. The molecule has 1 aliphatic heterocycles. The molecule has 0 saturated heterocycles. The molecule has 1 aromatic heterocycles. The minimum Gasteiger partial charge on any atom is -0.328 e. The average Bonchev–Trinajstić information content (AvgIpc) is 3.01. The highest BCUT2D eigenvalue weighted by Gasteiger charge is 2.42. The Morgan fingerprint density at radius 3 is 2.50 bits per heavy atom. The second-order valence-electron chi connectivity index (χ2n) is 7.85. The van der Waals surface area contributed by atoms with Gasteiger partial charge in [0.25, 0.3) is 0 Å². The number of carbonyl (C=O) groups excluding carboxylic acids is 1. The molecular formula is C19H19F3N4OS. The number of alkyl halides is 3. The van der Waals surface area contributed by atoms with E-state index in [2.05, 4.69) is 15.4 Å². The number of anilines is 1. The van der Waals surface area contributed by atoms with Crippen molar-refractivity contribution in [2.75, 3.05) is 11.6 Å². The summed E-state index contributed by atoms with van der Waals surface area (Å²) in [6.45, 7) is 4.05. The van der Waals surface area contributed by atoms with E-state index in [1.807, 2.05) is 20.1 Å². The Kier molecular flexibility index (Phi) is 4.33. The van der Waals surface area contributed by atoms with Crippen LogP contribution in [0, 0.1) is 5.41 Å². The van der Waals surface area contributed by atoms with Crippen molar-refractivity contribution < 1.29 is 18.0 Å². The van der Waals surface area contributed by atoms with E-state index in [-0.39, 0.29) is 11.2 Å². The molecular weight excluding hydrogens is 389 g/mol. The first-order valence-electron chi connectivity index (χ1n) is 8.80. The first-order valence-corrected chi connectivity index (χ1v) is 10.0. The Morgan fingerprint density at radius 1 is 1.21 bits per heavy atom. The molecule has 9 heteroatoms. The van der Waals surface area contributed by atoms with E-state index >= 15 is 0 Å². The van der Waals surface area contributed by atoms with Crippen LogP contribution in [0.15, 0.2) is 40.7 Å². The topological polar surface area (TPSA) is 59.8 Å². The van der Waals surface area contributed by atoms with Crippen LogP contribution in [-0.4, -0.2) is 26.8 Å². The molecule has 0 bridgehead atoms. The molecule has 1 aliphatic carbocycles. The molecule has 2 heterocycles. The van der Waals surface area contributed by atoms with Crippen LogP contribution in [0.5, 0.6) is 0 Å². The van der Waals surface area contributed by atoms with E-state index in [9.17, 15) is 18.0 Å². The summed E-state index contributed by atoms with van der Waals surface area (Å²) in [7, 11) is 0. The number of carbonyl (C=O) groups is 1. The van der Waals surface area contributed by atoms with E-state index in [4.69, 9.17) is 0 Å². The number of Topliss-reactive ketones (excluding diaryl/α,β-unsaturated/α-hetero) is 1. The van der Waals surface area contributed by atoms with E-state index in [1.165, 1.54) is 23.9 Å². The Morgan fingerprint density at radius 2 is 1.89 bits per heavy atom. The number of nitrogens with zero attached hydrogens (tertiary/aromatic N) is 3. The van der Waals surface area contributed by atoms with E-state index in [1.54, 1.807) is 4.68 Å². The molecule has 5 nitrogen and oxygen atoms in total. The second kappa shape index (κ2) is 6.37. The number of hydrogen-bond donors (Lipinski definition) is 1. The van der Waals surface area contributed by atoms with Gasteiger partial charge in [0.15, 0.2) is 5.78 Å². The Bertz CT molecular complexity index is 976. The third-order valence-corrected chi connectivity index (χ3v) is 5.59. The SMILES string of the molecule is CSc1nc2n(n1)[C@H](c1ccc(C(F)(F)F)cc1)C1=C(CC(C)(C)CC1=O)N2. The van der Waals surface area contributed by atoms with Crippen molar-refractivity contribution in [3.05, 3.63) is 46.7 Å². The number of aromatic nitrogens is 3. The minimum atomic E-state index is -4.41. The molecule has 0 amide bonds. The van der Waals surface area contributed by atoms with Gasteiger partial charge in [0.05, 0.1) is 5.56 Å². The van der Waals surface area contributed by atoms with Crippen LogP contribution in [0.4, 0.5) is 19.1 Å². The summed E-state index contributed by atoms with van der Waals surface area (Å²) in [4.78, 5) is 17.4. The van der Waals surface area contributed by atoms with Gasteiger partial charge in [-0.15, -0.1) is 5.10 Å². The molecule has 2 aliphatic rings. The lowest BCUT2D eigenvalue weighted by atomic mass is 9.73. The summed E-state index contributed by atoms with van der Waals surface area (Å²) in [6.07, 6.45) is -1.53. The molecule has 2 aromatic rings. The lowest BCUT2D eigenvalue weighted by molar-refractivity contribution is -0.137. The van der Waals surface area contributed by atoms with E-state index < -0.39 is 17.8 Å². The largest absolute Gasteiger partial charge is 0.416 e. The second-order valence-corrected chi connectivity index (χ2v) is 8.62. The lowest BCUT2D eigenvalue weighted by Gasteiger charge is -2.38. The van der Waals surface area contributed by atoms with Gasteiger partial charge in [-0.05, 0) is 35.8 Å². The number of allylic oxidation sites excluding steroid dienone is 2. The molecule has 0 spiro atoms. The van der Waals surface area contributed by atoms with Crippen molar-refractivity contribution in [1.82, 2.24) is 14.8 Å². The van der Waals surface area contributed by atoms with Crippen molar-refractivity contribution in [3.8, 4) is 0 Å². The number of benzene rings is 1. The van der Waals surface area contributed by atoms with Gasteiger partial charge in [-0.25, -0.2) is 4.68 Å². The van der Waals surface area contributed by atoms with Gasteiger partial charge in [-0.3, -0.25) is 4.79 Å². The maximum Gasteiger partial charge on any atom is 0.416 e. The molecule has 4 rings (SSSR count).